The van der Waals surface area contributed by atoms with Gasteiger partial charge in [-0.2, -0.15) is 0 Å². The number of aromatic nitrogens is 3. The molecule has 4 rings (SSSR count). The molecule has 8 heteroatoms. The average molecular weight is 332 g/mol. The van der Waals surface area contributed by atoms with E-state index in [4.69, 9.17) is 18.9 Å². The minimum atomic E-state index is -0.0674. The number of fused-ring (bicyclic) bond motifs is 1. The van der Waals surface area contributed by atoms with Gasteiger partial charge < -0.3 is 23.5 Å². The fourth-order valence-electron chi connectivity index (χ4n) is 3.12. The van der Waals surface area contributed by atoms with Gasteiger partial charge in [0.1, 0.15) is 12.4 Å². The van der Waals surface area contributed by atoms with E-state index in [9.17, 15) is 0 Å². The molecule has 1 aromatic carbocycles. The smallest absolute Gasteiger partial charge is 0.231 e. The van der Waals surface area contributed by atoms with E-state index in [0.29, 0.717) is 18.1 Å². The van der Waals surface area contributed by atoms with Gasteiger partial charge in [0.15, 0.2) is 17.3 Å². The van der Waals surface area contributed by atoms with E-state index in [-0.39, 0.29) is 12.9 Å². The van der Waals surface area contributed by atoms with Crippen molar-refractivity contribution in [2.75, 3.05) is 33.6 Å². The van der Waals surface area contributed by atoms with Gasteiger partial charge in [-0.25, -0.2) is 0 Å². The average Bonchev–Trinajstić information content (AvgIpc) is 3.23. The zero-order valence-corrected chi connectivity index (χ0v) is 13.8. The van der Waals surface area contributed by atoms with Gasteiger partial charge in [0.2, 0.25) is 12.5 Å². The molecule has 1 aromatic heterocycles. The van der Waals surface area contributed by atoms with Crippen LogP contribution in [0, 0.1) is 0 Å². The Morgan fingerprint density at radius 3 is 3.04 bits per heavy atom. The SMILES string of the molecule is COc1cc(CN2CCO[C@@H](c3nncn3C)C2)cc2c1OCO2. The first-order valence-electron chi connectivity index (χ1n) is 7.89. The first-order valence-corrected chi connectivity index (χ1v) is 7.89. The summed E-state index contributed by atoms with van der Waals surface area (Å²) in [5.41, 5.74) is 1.12. The molecule has 0 aliphatic carbocycles. The van der Waals surface area contributed by atoms with Gasteiger partial charge in [-0.05, 0) is 17.7 Å². The van der Waals surface area contributed by atoms with Gasteiger partial charge in [-0.15, -0.1) is 10.2 Å². The molecule has 2 aliphatic heterocycles. The first-order chi connectivity index (χ1) is 11.7. The van der Waals surface area contributed by atoms with Crippen molar-refractivity contribution < 1.29 is 18.9 Å². The van der Waals surface area contributed by atoms with Crippen molar-refractivity contribution in [1.82, 2.24) is 19.7 Å². The van der Waals surface area contributed by atoms with Crippen molar-refractivity contribution in [3.05, 3.63) is 29.8 Å². The number of morpholine rings is 1. The number of hydrogen-bond donors (Lipinski definition) is 0. The molecule has 0 saturated carbocycles. The van der Waals surface area contributed by atoms with Crippen LogP contribution in [-0.2, 0) is 18.3 Å². The molecule has 0 N–H and O–H groups in total. The van der Waals surface area contributed by atoms with E-state index < -0.39 is 0 Å². The maximum atomic E-state index is 5.86. The summed E-state index contributed by atoms with van der Waals surface area (Å²) in [6.45, 7) is 3.32. The van der Waals surface area contributed by atoms with Crippen LogP contribution in [-0.4, -0.2) is 53.3 Å². The quantitative estimate of drug-likeness (QED) is 0.831. The Balaban J connectivity index is 1.50. The topological polar surface area (TPSA) is 70.9 Å². The van der Waals surface area contributed by atoms with Crippen molar-refractivity contribution in [2.45, 2.75) is 12.6 Å². The summed E-state index contributed by atoms with van der Waals surface area (Å²) in [7, 11) is 3.57. The van der Waals surface area contributed by atoms with Crippen LogP contribution >= 0.6 is 0 Å². The maximum Gasteiger partial charge on any atom is 0.231 e. The lowest BCUT2D eigenvalue weighted by Gasteiger charge is -2.32. The molecule has 1 saturated heterocycles. The highest BCUT2D eigenvalue weighted by Gasteiger charge is 2.26. The van der Waals surface area contributed by atoms with E-state index in [2.05, 4.69) is 15.1 Å². The summed E-state index contributed by atoms with van der Waals surface area (Å²) >= 11 is 0. The fraction of sp³-hybridized carbons (Fsp3) is 0.500. The Kier molecular flexibility index (Phi) is 3.99. The van der Waals surface area contributed by atoms with Gasteiger partial charge in [-0.1, -0.05) is 0 Å². The van der Waals surface area contributed by atoms with Crippen LogP contribution in [0.15, 0.2) is 18.5 Å². The number of rotatable bonds is 4. The summed E-state index contributed by atoms with van der Waals surface area (Å²) in [4.78, 5) is 2.33. The van der Waals surface area contributed by atoms with E-state index in [1.165, 1.54) is 0 Å². The molecule has 24 heavy (non-hydrogen) atoms. The monoisotopic (exact) mass is 332 g/mol. The molecule has 0 bridgehead atoms. The standard InChI is InChI=1S/C16H20N4O4/c1-19-9-17-18-16(19)14-8-20(3-4-22-14)7-11-5-12(21-2)15-13(6-11)23-10-24-15/h5-6,9,14H,3-4,7-8,10H2,1-2H3/t14-/m1/s1. The van der Waals surface area contributed by atoms with E-state index in [1.54, 1.807) is 13.4 Å². The number of aryl methyl sites for hydroxylation is 1. The van der Waals surface area contributed by atoms with Crippen LogP contribution in [0.2, 0.25) is 0 Å². The second kappa shape index (κ2) is 6.29. The highest BCUT2D eigenvalue weighted by Crippen LogP contribution is 2.42. The van der Waals surface area contributed by atoms with Crippen LogP contribution in [0.4, 0.5) is 0 Å². The van der Waals surface area contributed by atoms with Gasteiger partial charge in [0, 0.05) is 26.7 Å². The van der Waals surface area contributed by atoms with Crippen LogP contribution < -0.4 is 14.2 Å². The minimum absolute atomic E-state index is 0.0674. The first kappa shape index (κ1) is 15.2. The number of nitrogens with zero attached hydrogens (tertiary/aromatic N) is 4. The van der Waals surface area contributed by atoms with Crippen LogP contribution in [0.3, 0.4) is 0 Å². The molecule has 0 unspecified atom stereocenters. The van der Waals surface area contributed by atoms with Gasteiger partial charge in [0.25, 0.3) is 0 Å². The maximum absolute atomic E-state index is 5.86. The molecule has 128 valence electrons. The summed E-state index contributed by atoms with van der Waals surface area (Å²) in [6.07, 6.45) is 1.63. The number of benzene rings is 1. The second-order valence-electron chi connectivity index (χ2n) is 5.93. The normalized spacial score (nSPS) is 20.3. The fourth-order valence-corrected chi connectivity index (χ4v) is 3.12. The molecule has 0 spiro atoms. The Morgan fingerprint density at radius 2 is 2.25 bits per heavy atom. The molecule has 1 fully saturated rings. The molecule has 0 radical (unpaired) electrons. The summed E-state index contributed by atoms with van der Waals surface area (Å²) < 4.78 is 24.1. The van der Waals surface area contributed by atoms with Gasteiger partial charge in [0.05, 0.1) is 13.7 Å². The highest BCUT2D eigenvalue weighted by molar-refractivity contribution is 5.55. The Bertz CT molecular complexity index is 733. The predicted octanol–water partition coefficient (Wildman–Crippen LogP) is 1.13. The van der Waals surface area contributed by atoms with E-state index >= 15 is 0 Å². The molecular weight excluding hydrogens is 312 g/mol. The molecular formula is C16H20N4O4. The van der Waals surface area contributed by atoms with Crippen LogP contribution in [0.5, 0.6) is 17.2 Å². The van der Waals surface area contributed by atoms with Gasteiger partial charge >= 0.3 is 0 Å². The number of hydrogen-bond acceptors (Lipinski definition) is 7. The molecule has 2 aliphatic rings. The Morgan fingerprint density at radius 1 is 1.33 bits per heavy atom. The minimum Gasteiger partial charge on any atom is -0.493 e. The van der Waals surface area contributed by atoms with Crippen LogP contribution in [0.1, 0.15) is 17.5 Å². The van der Waals surface area contributed by atoms with Crippen molar-refractivity contribution in [1.29, 1.82) is 0 Å². The molecule has 1 atom stereocenters. The van der Waals surface area contributed by atoms with Crippen molar-refractivity contribution in [2.24, 2.45) is 7.05 Å². The van der Waals surface area contributed by atoms with Crippen molar-refractivity contribution >= 4 is 0 Å². The third-order valence-electron chi connectivity index (χ3n) is 4.31. The zero-order valence-electron chi connectivity index (χ0n) is 13.8. The third-order valence-corrected chi connectivity index (χ3v) is 4.31. The van der Waals surface area contributed by atoms with E-state index in [1.807, 2.05) is 23.7 Å². The van der Waals surface area contributed by atoms with Crippen LogP contribution in [0.25, 0.3) is 0 Å². The molecule has 3 heterocycles. The third kappa shape index (κ3) is 2.78. The molecule has 2 aromatic rings. The lowest BCUT2D eigenvalue weighted by molar-refractivity contribution is -0.0385. The number of ether oxygens (including phenoxy) is 4. The lowest BCUT2D eigenvalue weighted by atomic mass is 10.1. The molecule has 8 nitrogen and oxygen atoms in total. The van der Waals surface area contributed by atoms with E-state index in [0.717, 1.165) is 36.8 Å². The van der Waals surface area contributed by atoms with Crippen molar-refractivity contribution in [3.63, 3.8) is 0 Å². The Labute approximate surface area is 139 Å². The lowest BCUT2D eigenvalue weighted by Crippen LogP contribution is -2.38. The number of methoxy groups -OCH3 is 1. The highest BCUT2D eigenvalue weighted by atomic mass is 16.7. The predicted molar refractivity (Wildman–Crippen MR) is 84.1 cm³/mol. The summed E-state index contributed by atoms with van der Waals surface area (Å²) in [5, 5.41) is 8.10. The second-order valence-corrected chi connectivity index (χ2v) is 5.93. The molecule has 0 amide bonds. The summed E-state index contributed by atoms with van der Waals surface area (Å²) in [6, 6.07) is 4.01. The summed E-state index contributed by atoms with van der Waals surface area (Å²) in [5.74, 6) is 2.98. The van der Waals surface area contributed by atoms with Gasteiger partial charge in [-0.3, -0.25) is 4.90 Å². The largest absolute Gasteiger partial charge is 0.493 e. The Hall–Kier alpha value is -2.32. The zero-order chi connectivity index (χ0) is 16.5. The van der Waals surface area contributed by atoms with Crippen molar-refractivity contribution in [3.8, 4) is 17.2 Å².